The van der Waals surface area contributed by atoms with E-state index >= 15 is 0 Å². The fourth-order valence-electron chi connectivity index (χ4n) is 1.46. The lowest BCUT2D eigenvalue weighted by molar-refractivity contribution is 0.880. The van der Waals surface area contributed by atoms with Crippen LogP contribution in [-0.4, -0.2) is 24.2 Å². The summed E-state index contributed by atoms with van der Waals surface area (Å²) in [5.41, 5.74) is 1.37. The predicted octanol–water partition coefficient (Wildman–Crippen LogP) is 0.985. The average molecular weight is 214 g/mol. The highest BCUT2D eigenvalue weighted by molar-refractivity contribution is 6.70. The number of nitrogens with zero attached hydrogens (tertiary/aromatic N) is 3. The fourth-order valence-corrected chi connectivity index (χ4v) is 3.06. The van der Waals surface area contributed by atoms with Crippen LogP contribution in [0.4, 0.5) is 0 Å². The lowest BCUT2D eigenvalue weighted by Gasteiger charge is -2.07. The summed E-state index contributed by atoms with van der Waals surface area (Å²) >= 11 is 0. The Kier molecular flexibility index (Phi) is 3.19. The zero-order valence-corrected chi connectivity index (χ0v) is 9.59. The van der Waals surface area contributed by atoms with Crippen LogP contribution < -0.4 is 5.32 Å². The molecule has 0 aliphatic rings. The first-order chi connectivity index (χ1) is 7.36. The summed E-state index contributed by atoms with van der Waals surface area (Å²) in [6.07, 6.45) is 1.71. The molecule has 1 heterocycles. The molecule has 2 rings (SSSR count). The zero-order chi connectivity index (χ0) is 10.5. The first-order valence-corrected chi connectivity index (χ1v) is 7.08. The third kappa shape index (κ3) is 2.70. The largest absolute Gasteiger partial charge is 0.140 e. The Balaban J connectivity index is 2.08. The highest BCUT2D eigenvalue weighted by atomic mass is 28.3. The van der Waals surface area contributed by atoms with Crippen LogP contribution in [0.25, 0.3) is 0 Å². The van der Waals surface area contributed by atoms with E-state index in [0.717, 1.165) is 11.4 Å². The van der Waals surface area contributed by atoms with E-state index in [0.29, 0.717) is 0 Å². The van der Waals surface area contributed by atoms with Gasteiger partial charge in [0.15, 0.2) is 0 Å². The lowest BCUT2D eigenvalue weighted by atomic mass is 10.2. The fraction of sp³-hybridized carbons (Fsp3) is 0.182. The van der Waals surface area contributed by atoms with Gasteiger partial charge in [-0.25, -0.2) is 0 Å². The van der Waals surface area contributed by atoms with Gasteiger partial charge in [0, 0.05) is 5.32 Å². The Labute approximate surface area is 90.8 Å². The van der Waals surface area contributed by atoms with Gasteiger partial charge in [-0.2, -0.15) is 0 Å². The minimum Gasteiger partial charge on any atom is -0.140 e. The molecule has 4 heteroatoms. The van der Waals surface area contributed by atoms with Crippen molar-refractivity contribution in [3.63, 3.8) is 0 Å². The monoisotopic (exact) mass is 214 g/mol. The number of aromatic nitrogens is 3. The predicted molar refractivity (Wildman–Crippen MR) is 61.2 cm³/mol. The Bertz CT molecular complexity index is 405. The van der Waals surface area contributed by atoms with Crippen molar-refractivity contribution in [1.29, 1.82) is 0 Å². The summed E-state index contributed by atoms with van der Waals surface area (Å²) in [6.45, 7) is 2.25. The van der Waals surface area contributed by atoms with E-state index in [1.54, 1.807) is 6.20 Å². The maximum Gasteiger partial charge on any atom is 0.115 e. The van der Waals surface area contributed by atoms with Crippen LogP contribution in [0, 0.1) is 0 Å². The van der Waals surface area contributed by atoms with Crippen molar-refractivity contribution in [1.82, 2.24) is 15.4 Å². The van der Waals surface area contributed by atoms with Gasteiger partial charge in [0.05, 0.1) is 6.20 Å². The van der Waals surface area contributed by atoms with Crippen molar-refractivity contribution in [2.45, 2.75) is 12.6 Å². The third-order valence-electron chi connectivity index (χ3n) is 2.25. The van der Waals surface area contributed by atoms with Crippen LogP contribution in [0.2, 0.25) is 6.55 Å². The Morgan fingerprint density at radius 2 is 1.93 bits per heavy atom. The van der Waals surface area contributed by atoms with Crippen LogP contribution in [0.3, 0.4) is 0 Å². The highest BCUT2D eigenvalue weighted by Crippen LogP contribution is 2.01. The zero-order valence-electron chi connectivity index (χ0n) is 8.59. The van der Waals surface area contributed by atoms with Gasteiger partial charge in [0.2, 0.25) is 0 Å². The van der Waals surface area contributed by atoms with E-state index in [2.05, 4.69) is 46.2 Å². The second-order valence-corrected chi connectivity index (χ2v) is 5.88. The normalized spacial score (nSPS) is 10.5. The second-order valence-electron chi connectivity index (χ2n) is 3.45. The van der Waals surface area contributed by atoms with Crippen LogP contribution >= 0.6 is 0 Å². The average Bonchev–Trinajstić information content (AvgIpc) is 2.31. The van der Waals surface area contributed by atoms with E-state index in [1.807, 2.05) is 12.1 Å². The van der Waals surface area contributed by atoms with Gasteiger partial charge in [-0.1, -0.05) is 42.4 Å². The molecule has 1 radical (unpaired) electrons. The third-order valence-corrected chi connectivity index (χ3v) is 4.33. The van der Waals surface area contributed by atoms with Crippen LogP contribution in [-0.2, 0) is 6.04 Å². The molecule has 2 aromatic rings. The summed E-state index contributed by atoms with van der Waals surface area (Å²) in [6, 6.07) is 13.5. The van der Waals surface area contributed by atoms with E-state index in [-0.39, 0.29) is 0 Å². The molecule has 0 aliphatic heterocycles. The van der Waals surface area contributed by atoms with Crippen molar-refractivity contribution >= 4 is 14.1 Å². The molecule has 0 saturated carbocycles. The van der Waals surface area contributed by atoms with E-state index in [1.165, 1.54) is 5.56 Å². The summed E-state index contributed by atoms with van der Waals surface area (Å²) in [7, 11) is -0.633. The molecule has 0 saturated heterocycles. The summed E-state index contributed by atoms with van der Waals surface area (Å²) < 4.78 is 0. The molecule has 0 spiro atoms. The van der Waals surface area contributed by atoms with Gasteiger partial charge in [-0.05, 0) is 17.3 Å². The van der Waals surface area contributed by atoms with E-state index in [4.69, 9.17) is 0 Å². The molecule has 15 heavy (non-hydrogen) atoms. The quantitative estimate of drug-likeness (QED) is 0.715. The summed E-state index contributed by atoms with van der Waals surface area (Å²) in [5.74, 6) is 0. The van der Waals surface area contributed by atoms with Crippen molar-refractivity contribution < 1.29 is 0 Å². The number of rotatable bonds is 3. The van der Waals surface area contributed by atoms with Gasteiger partial charge in [0.25, 0.3) is 0 Å². The van der Waals surface area contributed by atoms with Gasteiger partial charge in [0.1, 0.15) is 8.80 Å². The SMILES string of the molecule is C[Si](Cc1ccccc1)c1ccnnn1. The topological polar surface area (TPSA) is 38.7 Å². The van der Waals surface area contributed by atoms with Gasteiger partial charge < -0.3 is 0 Å². The molecule has 0 bridgehead atoms. The van der Waals surface area contributed by atoms with Crippen molar-refractivity contribution in [2.75, 3.05) is 0 Å². The first-order valence-electron chi connectivity index (χ1n) is 4.87. The molecule has 0 N–H and O–H groups in total. The molecule has 0 atom stereocenters. The first kappa shape index (κ1) is 9.98. The van der Waals surface area contributed by atoms with Gasteiger partial charge >= 0.3 is 0 Å². The minimum atomic E-state index is -0.633. The Hall–Kier alpha value is -1.55. The summed E-state index contributed by atoms with van der Waals surface area (Å²) in [5, 5.41) is 12.5. The van der Waals surface area contributed by atoms with E-state index in [9.17, 15) is 0 Å². The summed E-state index contributed by atoms with van der Waals surface area (Å²) in [4.78, 5) is 0. The number of hydrogen-bond acceptors (Lipinski definition) is 3. The maximum absolute atomic E-state index is 4.06. The van der Waals surface area contributed by atoms with Crippen molar-refractivity contribution in [2.24, 2.45) is 0 Å². The number of hydrogen-bond donors (Lipinski definition) is 0. The van der Waals surface area contributed by atoms with Gasteiger partial charge in [-0.15, -0.1) is 10.2 Å². The molecule has 0 aliphatic carbocycles. The molecule has 1 aromatic carbocycles. The molecule has 0 fully saturated rings. The maximum atomic E-state index is 4.06. The Morgan fingerprint density at radius 1 is 1.13 bits per heavy atom. The van der Waals surface area contributed by atoms with Crippen LogP contribution in [0.5, 0.6) is 0 Å². The molecule has 1 aromatic heterocycles. The van der Waals surface area contributed by atoms with E-state index < -0.39 is 8.80 Å². The van der Waals surface area contributed by atoms with Crippen molar-refractivity contribution in [3.8, 4) is 0 Å². The van der Waals surface area contributed by atoms with Crippen LogP contribution in [0.15, 0.2) is 42.6 Å². The molecule has 0 amide bonds. The minimum absolute atomic E-state index is 0.633. The van der Waals surface area contributed by atoms with Crippen molar-refractivity contribution in [3.05, 3.63) is 48.2 Å². The molecule has 3 nitrogen and oxygen atoms in total. The molecule has 75 valence electrons. The smallest absolute Gasteiger partial charge is 0.115 e. The standard InChI is InChI=1S/C11H12N3Si/c1-15(11-7-8-12-14-13-11)9-10-5-3-2-4-6-10/h2-8H,9H2,1H3. The molecule has 0 unspecified atom stereocenters. The van der Waals surface area contributed by atoms with Gasteiger partial charge in [-0.3, -0.25) is 0 Å². The number of benzene rings is 1. The molecular weight excluding hydrogens is 202 g/mol. The highest BCUT2D eigenvalue weighted by Gasteiger charge is 2.10. The Morgan fingerprint density at radius 3 is 2.60 bits per heavy atom. The lowest BCUT2D eigenvalue weighted by Crippen LogP contribution is -2.32. The second kappa shape index (κ2) is 4.79. The molecular formula is C11H12N3Si. The van der Waals surface area contributed by atoms with Crippen LogP contribution in [0.1, 0.15) is 5.56 Å².